The highest BCUT2D eigenvalue weighted by Crippen LogP contribution is 2.17. The van der Waals surface area contributed by atoms with Crippen molar-refractivity contribution >= 4 is 5.97 Å². The molecule has 88 valence electrons. The lowest BCUT2D eigenvalue weighted by atomic mass is 9.92. The van der Waals surface area contributed by atoms with E-state index in [4.69, 9.17) is 4.74 Å². The molecule has 4 nitrogen and oxygen atoms in total. The normalized spacial score (nSPS) is 16.6. The van der Waals surface area contributed by atoms with Gasteiger partial charge in [-0.15, -0.1) is 0 Å². The van der Waals surface area contributed by atoms with E-state index in [9.17, 15) is 15.0 Å². The number of hydrogen-bond donors (Lipinski definition) is 2. The number of aliphatic hydroxyl groups excluding tert-OH is 2. The highest BCUT2D eigenvalue weighted by atomic mass is 16.5. The van der Waals surface area contributed by atoms with Crippen LogP contribution < -0.4 is 0 Å². The highest BCUT2D eigenvalue weighted by molar-refractivity contribution is 5.69. The molecule has 0 aromatic heterocycles. The zero-order valence-corrected chi connectivity index (χ0v) is 9.56. The van der Waals surface area contributed by atoms with Gasteiger partial charge in [0.25, 0.3) is 0 Å². The van der Waals surface area contributed by atoms with Gasteiger partial charge in [-0.3, -0.25) is 4.79 Å². The van der Waals surface area contributed by atoms with Gasteiger partial charge in [-0.05, 0) is 13.8 Å². The van der Waals surface area contributed by atoms with Gasteiger partial charge >= 0.3 is 5.97 Å². The van der Waals surface area contributed by atoms with Crippen LogP contribution in [0.25, 0.3) is 0 Å². The summed E-state index contributed by atoms with van der Waals surface area (Å²) in [6, 6.07) is 0. The second-order valence-electron chi connectivity index (χ2n) is 3.73. The Hall–Kier alpha value is -0.870. The first-order chi connectivity index (χ1) is 6.90. The summed E-state index contributed by atoms with van der Waals surface area (Å²) in [4.78, 5) is 11.1. The molecule has 0 aromatic rings. The van der Waals surface area contributed by atoms with Gasteiger partial charge < -0.3 is 14.9 Å². The second-order valence-corrected chi connectivity index (χ2v) is 3.73. The lowest BCUT2D eigenvalue weighted by molar-refractivity contribution is -0.146. The van der Waals surface area contributed by atoms with E-state index in [-0.39, 0.29) is 6.42 Å². The first-order valence-corrected chi connectivity index (χ1v) is 5.07. The maximum Gasteiger partial charge on any atom is 0.308 e. The summed E-state index contributed by atoms with van der Waals surface area (Å²) in [6.45, 7) is 8.94. The summed E-state index contributed by atoms with van der Waals surface area (Å²) >= 11 is 0. The fourth-order valence-corrected chi connectivity index (χ4v) is 1.24. The number of carbonyl (C=O) groups is 1. The third-order valence-corrected chi connectivity index (χ3v) is 2.29. The summed E-state index contributed by atoms with van der Waals surface area (Å²) in [6.07, 6.45) is -1.80. The Morgan fingerprint density at radius 3 is 2.40 bits per heavy atom. The Kier molecular flexibility index (Phi) is 6.20. The molecule has 0 spiro atoms. The summed E-state index contributed by atoms with van der Waals surface area (Å²) in [5, 5.41) is 19.2. The molecule has 0 fully saturated rings. The molecule has 2 N–H and O–H groups in total. The van der Waals surface area contributed by atoms with Gasteiger partial charge in [-0.25, -0.2) is 0 Å². The van der Waals surface area contributed by atoms with E-state index < -0.39 is 24.1 Å². The molecule has 0 amide bonds. The summed E-state index contributed by atoms with van der Waals surface area (Å²) in [5.74, 6) is -0.877. The standard InChI is InChI=1S/C11H20O4/c1-5-15-10(13)6-9(12)8(4)11(14)7(2)3/h8-9,11-12,14H,2,5-6H2,1,3-4H3/t8-,9-,11-/m0/s1. The van der Waals surface area contributed by atoms with E-state index in [2.05, 4.69) is 6.58 Å². The molecule has 0 aromatic carbocycles. The van der Waals surface area contributed by atoms with Gasteiger partial charge in [0, 0.05) is 5.92 Å². The van der Waals surface area contributed by atoms with Crippen LogP contribution in [0.4, 0.5) is 0 Å². The van der Waals surface area contributed by atoms with Gasteiger partial charge in [-0.2, -0.15) is 0 Å². The number of aliphatic hydroxyl groups is 2. The average molecular weight is 216 g/mol. The van der Waals surface area contributed by atoms with Crippen molar-refractivity contribution in [3.8, 4) is 0 Å². The van der Waals surface area contributed by atoms with Crippen LogP contribution >= 0.6 is 0 Å². The van der Waals surface area contributed by atoms with Crippen molar-refractivity contribution in [3.05, 3.63) is 12.2 Å². The van der Waals surface area contributed by atoms with Crippen LogP contribution in [-0.4, -0.2) is 35.0 Å². The Morgan fingerprint density at radius 2 is 2.00 bits per heavy atom. The Balaban J connectivity index is 4.14. The zero-order valence-electron chi connectivity index (χ0n) is 9.56. The molecule has 0 aliphatic carbocycles. The molecule has 0 saturated heterocycles. The van der Waals surface area contributed by atoms with Crippen molar-refractivity contribution in [1.29, 1.82) is 0 Å². The second kappa shape index (κ2) is 6.58. The van der Waals surface area contributed by atoms with Crippen molar-refractivity contribution in [3.63, 3.8) is 0 Å². The van der Waals surface area contributed by atoms with Crippen LogP contribution in [0.15, 0.2) is 12.2 Å². The van der Waals surface area contributed by atoms with Gasteiger partial charge in [0.2, 0.25) is 0 Å². The van der Waals surface area contributed by atoms with E-state index in [0.717, 1.165) is 0 Å². The average Bonchev–Trinajstić information content (AvgIpc) is 2.15. The molecule has 0 saturated carbocycles. The molecule has 0 aliphatic heterocycles. The van der Waals surface area contributed by atoms with Gasteiger partial charge in [0.1, 0.15) is 0 Å². The number of esters is 1. The number of rotatable bonds is 6. The zero-order chi connectivity index (χ0) is 12.0. The quantitative estimate of drug-likeness (QED) is 0.511. The van der Waals surface area contributed by atoms with Gasteiger partial charge in [0.15, 0.2) is 0 Å². The molecule has 3 atom stereocenters. The van der Waals surface area contributed by atoms with Crippen molar-refractivity contribution in [2.45, 2.75) is 39.4 Å². The Bertz CT molecular complexity index is 225. The van der Waals surface area contributed by atoms with E-state index in [0.29, 0.717) is 12.2 Å². The van der Waals surface area contributed by atoms with Crippen molar-refractivity contribution < 1.29 is 19.7 Å². The molecular formula is C11H20O4. The fourth-order valence-electron chi connectivity index (χ4n) is 1.24. The van der Waals surface area contributed by atoms with Crippen molar-refractivity contribution in [1.82, 2.24) is 0 Å². The summed E-state index contributed by atoms with van der Waals surface area (Å²) in [7, 11) is 0. The molecular weight excluding hydrogens is 196 g/mol. The van der Waals surface area contributed by atoms with E-state index in [1.165, 1.54) is 0 Å². The van der Waals surface area contributed by atoms with Crippen molar-refractivity contribution in [2.24, 2.45) is 5.92 Å². The minimum Gasteiger partial charge on any atom is -0.466 e. The third kappa shape index (κ3) is 4.95. The highest BCUT2D eigenvalue weighted by Gasteiger charge is 2.25. The third-order valence-electron chi connectivity index (χ3n) is 2.29. The maximum atomic E-state index is 11.1. The molecule has 0 bridgehead atoms. The van der Waals surface area contributed by atoms with E-state index in [1.807, 2.05) is 0 Å². The summed E-state index contributed by atoms with van der Waals surface area (Å²) in [5.41, 5.74) is 0.574. The van der Waals surface area contributed by atoms with Crippen LogP contribution in [0.3, 0.4) is 0 Å². The van der Waals surface area contributed by atoms with Crippen LogP contribution in [0.1, 0.15) is 27.2 Å². The lowest BCUT2D eigenvalue weighted by Crippen LogP contribution is -2.32. The first-order valence-electron chi connectivity index (χ1n) is 5.07. The van der Waals surface area contributed by atoms with Crippen LogP contribution in [0.2, 0.25) is 0 Å². The fraction of sp³-hybridized carbons (Fsp3) is 0.727. The van der Waals surface area contributed by atoms with Gasteiger partial charge in [-0.1, -0.05) is 19.1 Å². The largest absolute Gasteiger partial charge is 0.466 e. The minimum absolute atomic E-state index is 0.0979. The predicted molar refractivity (Wildman–Crippen MR) is 57.2 cm³/mol. The minimum atomic E-state index is -0.907. The topological polar surface area (TPSA) is 66.8 Å². The van der Waals surface area contributed by atoms with Crippen molar-refractivity contribution in [2.75, 3.05) is 6.61 Å². The number of carbonyl (C=O) groups excluding carboxylic acids is 1. The maximum absolute atomic E-state index is 11.1. The number of ether oxygens (including phenoxy) is 1. The Morgan fingerprint density at radius 1 is 1.47 bits per heavy atom. The molecule has 0 radical (unpaired) electrons. The molecule has 0 unspecified atom stereocenters. The smallest absolute Gasteiger partial charge is 0.308 e. The van der Waals surface area contributed by atoms with E-state index in [1.54, 1.807) is 20.8 Å². The molecule has 0 heterocycles. The Labute approximate surface area is 90.6 Å². The lowest BCUT2D eigenvalue weighted by Gasteiger charge is -2.23. The van der Waals surface area contributed by atoms with Crippen LogP contribution in [0.5, 0.6) is 0 Å². The predicted octanol–water partition coefficient (Wildman–Crippen LogP) is 0.874. The first kappa shape index (κ1) is 14.1. The number of hydrogen-bond acceptors (Lipinski definition) is 4. The van der Waals surface area contributed by atoms with E-state index >= 15 is 0 Å². The molecule has 15 heavy (non-hydrogen) atoms. The molecule has 4 heteroatoms. The van der Waals surface area contributed by atoms with Crippen LogP contribution in [-0.2, 0) is 9.53 Å². The van der Waals surface area contributed by atoms with Gasteiger partial charge in [0.05, 0.1) is 25.2 Å². The molecule has 0 rings (SSSR count). The monoisotopic (exact) mass is 216 g/mol. The summed E-state index contributed by atoms with van der Waals surface area (Å²) < 4.78 is 4.70. The van der Waals surface area contributed by atoms with Crippen LogP contribution in [0, 0.1) is 5.92 Å². The SMILES string of the molecule is C=C(C)[C@H](O)[C@@H](C)[C@@H](O)CC(=O)OCC. The molecule has 0 aliphatic rings.